The second-order valence-electron chi connectivity index (χ2n) is 26.3. The number of nitrogens with one attached hydrogen (secondary N) is 3. The molecule has 0 aliphatic carbocycles. The fourth-order valence-corrected chi connectivity index (χ4v) is 11.3. The highest BCUT2D eigenvalue weighted by Crippen LogP contribution is 2.17. The van der Waals surface area contributed by atoms with Crippen molar-refractivity contribution in [3.63, 3.8) is 0 Å². The number of rotatable bonds is 66. The minimum atomic E-state index is -0.413. The van der Waals surface area contributed by atoms with E-state index in [0.717, 1.165) is 70.6 Å². The summed E-state index contributed by atoms with van der Waals surface area (Å²) in [5.74, 6) is 0.552. The zero-order valence-corrected chi connectivity index (χ0v) is 61.3. The van der Waals surface area contributed by atoms with Crippen LogP contribution < -0.4 is 50.4 Å². The number of ketones is 3. The van der Waals surface area contributed by atoms with Crippen molar-refractivity contribution < 1.29 is 28.8 Å². The molecule has 3 amide bonds. The summed E-state index contributed by atoms with van der Waals surface area (Å²) in [4.78, 5) is 86.7. The first-order valence-electron chi connectivity index (χ1n) is 38.6. The van der Waals surface area contributed by atoms with Crippen LogP contribution in [0.3, 0.4) is 0 Å². The average Bonchev–Trinajstić information content (AvgIpc) is 3.44. The summed E-state index contributed by atoms with van der Waals surface area (Å²) >= 11 is 0. The minimum Gasteiger partial charge on any atom is -0.370 e. The molecule has 0 aliphatic heterocycles. The van der Waals surface area contributed by atoms with Gasteiger partial charge < -0.3 is 50.4 Å². The molecule has 0 rings (SSSR count). The number of guanidine groups is 3. The van der Waals surface area contributed by atoms with Gasteiger partial charge in [0.05, 0.1) is 18.1 Å². The maximum atomic E-state index is 12.9. The summed E-state index contributed by atoms with van der Waals surface area (Å²) in [7, 11) is 0. The second-order valence-corrected chi connectivity index (χ2v) is 26.3. The highest BCUT2D eigenvalue weighted by Gasteiger charge is 2.22. The molecule has 0 aromatic carbocycles. The summed E-state index contributed by atoms with van der Waals surface area (Å²) < 4.78 is 0. The van der Waals surface area contributed by atoms with Gasteiger partial charge in [0, 0.05) is 58.2 Å². The van der Waals surface area contributed by atoms with Gasteiger partial charge in [0.25, 0.3) is 0 Å². The third kappa shape index (κ3) is 71.4. The van der Waals surface area contributed by atoms with E-state index in [-0.39, 0.29) is 52.9 Å². The summed E-state index contributed by atoms with van der Waals surface area (Å²) in [5, 5.41) is 8.90. The lowest BCUT2D eigenvalue weighted by atomic mass is 9.99. The summed E-state index contributed by atoms with van der Waals surface area (Å²) in [6, 6.07) is -1.24. The van der Waals surface area contributed by atoms with Crippen molar-refractivity contribution in [3.05, 3.63) is 0 Å². The third-order valence-corrected chi connectivity index (χ3v) is 17.1. The Labute approximate surface area is 570 Å². The van der Waals surface area contributed by atoms with Crippen LogP contribution in [-0.4, -0.2) is 90.7 Å². The fourth-order valence-electron chi connectivity index (χ4n) is 11.3. The van der Waals surface area contributed by atoms with Crippen molar-refractivity contribution >= 4 is 52.9 Å². The number of hydrogen-bond donors (Lipinski definition) is 9. The highest BCUT2D eigenvalue weighted by molar-refractivity contribution is 5.90. The number of aliphatic imine (C=N–C) groups is 3. The number of Topliss-reactive ketones (excluding diaryl/α,β-unsaturated/α-hetero) is 3. The zero-order chi connectivity index (χ0) is 69.5. The van der Waals surface area contributed by atoms with E-state index in [9.17, 15) is 28.8 Å². The number of nitrogens with zero attached hydrogens (tertiary/aromatic N) is 3. The van der Waals surface area contributed by atoms with Crippen molar-refractivity contribution in [2.24, 2.45) is 49.4 Å². The molecule has 0 aromatic rings. The van der Waals surface area contributed by atoms with Crippen LogP contribution in [0.25, 0.3) is 0 Å². The van der Waals surface area contributed by atoms with Crippen molar-refractivity contribution in [1.29, 1.82) is 0 Å². The summed E-state index contributed by atoms with van der Waals surface area (Å²) in [5.41, 5.74) is 32.2. The van der Waals surface area contributed by atoms with E-state index in [0.29, 0.717) is 96.7 Å². The number of unbranched alkanes of at least 4 members (excludes halogenated alkanes) is 36. The molecule has 0 aromatic heterocycles. The molecule has 0 saturated carbocycles. The maximum absolute atomic E-state index is 12.9. The van der Waals surface area contributed by atoms with Crippen LogP contribution in [0.15, 0.2) is 15.0 Å². The van der Waals surface area contributed by atoms with Gasteiger partial charge >= 0.3 is 0 Å². The Hall–Kier alpha value is -4.77. The molecule has 0 spiro atoms. The Bertz CT molecular complexity index is 1840. The van der Waals surface area contributed by atoms with Crippen LogP contribution in [0.2, 0.25) is 0 Å². The van der Waals surface area contributed by atoms with E-state index in [2.05, 4.69) is 65.5 Å². The lowest BCUT2D eigenvalue weighted by Gasteiger charge is -2.17. The van der Waals surface area contributed by atoms with Crippen molar-refractivity contribution in [3.8, 4) is 0 Å². The lowest BCUT2D eigenvalue weighted by Crippen LogP contribution is -2.40. The number of carbonyl (C=O) groups excluding carboxylic acids is 6. The van der Waals surface area contributed by atoms with E-state index < -0.39 is 18.1 Å². The van der Waals surface area contributed by atoms with Gasteiger partial charge in [0.2, 0.25) is 17.7 Å². The van der Waals surface area contributed by atoms with Gasteiger partial charge in [-0.2, -0.15) is 0 Å². The molecule has 3 atom stereocenters. The Morgan fingerprint density at radius 3 is 0.613 bits per heavy atom. The van der Waals surface area contributed by atoms with Crippen LogP contribution in [0.1, 0.15) is 388 Å². The number of hydrogen-bond acceptors (Lipinski definition) is 9. The predicted molar refractivity (Wildman–Crippen MR) is 396 cm³/mol. The molecule has 0 bridgehead atoms. The van der Waals surface area contributed by atoms with Gasteiger partial charge in [0.15, 0.2) is 35.2 Å². The topological polar surface area (TPSA) is 332 Å². The van der Waals surface area contributed by atoms with Crippen molar-refractivity contribution in [2.45, 2.75) is 406 Å². The zero-order valence-electron chi connectivity index (χ0n) is 61.3. The van der Waals surface area contributed by atoms with E-state index in [1.165, 1.54) is 199 Å². The largest absolute Gasteiger partial charge is 0.370 e. The normalized spacial score (nSPS) is 11.8. The molecule has 18 nitrogen and oxygen atoms in total. The Balaban J connectivity index is -0.00000133. The first-order valence-corrected chi connectivity index (χ1v) is 38.6. The fraction of sp³-hybridized carbons (Fsp3) is 0.880. The van der Waals surface area contributed by atoms with Crippen LogP contribution in [-0.2, 0) is 28.8 Å². The standard InChI is InChI=1S/C30H60N4O2.C26H52N4O2.C19H38N4O2/c1-3-5-7-9-11-13-15-16-18-20-24-28(35)27(23-22-26-33-30(31)32)34-29(36)25-21-19-17-14-12-10-8-6-4-2;1-3-5-7-9-10-11-12-13-15-16-20-24(31)23(19-18-22-29-26(27)28)30-25(32)21-17-14-8-6-4-2;1-3-5-6-7-8-9-10-14-18(25)23-16(17(24)12-4-2)13-11-15-22-19(20)21/h27H,3-26H2,1-2H3,(H,34,36)(H4,31,32,33);23H,3-22H2,1-2H3,(H,30,32)(H4,27,28,29);16H,3-15H2,1-2H3,(H,23,25)(H4,20,21,22). The quantitative estimate of drug-likeness (QED) is 0.0156. The summed E-state index contributed by atoms with van der Waals surface area (Å²) in [6.07, 6.45) is 57.4. The molecule has 93 heavy (non-hydrogen) atoms. The molecular formula is C75H150N12O6. The Kier molecular flexibility index (Phi) is 72.6. The first-order chi connectivity index (χ1) is 45.0. The van der Waals surface area contributed by atoms with Crippen LogP contribution >= 0.6 is 0 Å². The minimum absolute atomic E-state index is 0.00112. The second kappa shape index (κ2) is 73.0. The van der Waals surface area contributed by atoms with Gasteiger partial charge in [-0.3, -0.25) is 43.7 Å². The Morgan fingerprint density at radius 2 is 0.419 bits per heavy atom. The van der Waals surface area contributed by atoms with Gasteiger partial charge in [-0.1, -0.05) is 273 Å². The molecule has 15 N–H and O–H groups in total. The first kappa shape index (κ1) is 92.4. The number of nitrogens with two attached hydrogens (primary N) is 6. The number of carbonyl (C=O) groups is 6. The van der Waals surface area contributed by atoms with Crippen molar-refractivity contribution in [1.82, 2.24) is 16.0 Å². The van der Waals surface area contributed by atoms with Gasteiger partial charge in [-0.05, 0) is 77.0 Å². The molecule has 0 saturated heterocycles. The molecule has 18 heteroatoms. The van der Waals surface area contributed by atoms with E-state index in [1.54, 1.807) is 0 Å². The maximum Gasteiger partial charge on any atom is 0.220 e. The third-order valence-electron chi connectivity index (χ3n) is 17.1. The van der Waals surface area contributed by atoms with E-state index in [1.807, 2.05) is 6.92 Å². The lowest BCUT2D eigenvalue weighted by molar-refractivity contribution is -0.128. The molecule has 0 aliphatic rings. The smallest absolute Gasteiger partial charge is 0.220 e. The van der Waals surface area contributed by atoms with E-state index in [4.69, 9.17) is 34.4 Å². The number of amides is 3. The predicted octanol–water partition coefficient (Wildman–Crippen LogP) is 16.1. The molecule has 3 unspecified atom stereocenters. The van der Waals surface area contributed by atoms with Gasteiger partial charge in [0.1, 0.15) is 0 Å². The van der Waals surface area contributed by atoms with Gasteiger partial charge in [-0.25, -0.2) is 0 Å². The van der Waals surface area contributed by atoms with Crippen LogP contribution in [0.5, 0.6) is 0 Å². The van der Waals surface area contributed by atoms with Crippen LogP contribution in [0, 0.1) is 0 Å². The van der Waals surface area contributed by atoms with E-state index >= 15 is 0 Å². The highest BCUT2D eigenvalue weighted by atomic mass is 16.2. The van der Waals surface area contributed by atoms with Crippen LogP contribution in [0.4, 0.5) is 0 Å². The molecule has 0 radical (unpaired) electrons. The average molecular weight is 1320 g/mol. The summed E-state index contributed by atoms with van der Waals surface area (Å²) in [6.45, 7) is 14.5. The van der Waals surface area contributed by atoms with Crippen molar-refractivity contribution in [2.75, 3.05) is 19.6 Å². The SMILES string of the molecule is CCCCCCCCCC(=O)NC(CCCN=C(N)N)C(=O)CCC.CCCCCCCCCCCCC(=O)C(CCCN=C(N)N)NC(=O)CCCCCCC.CCCCCCCCCCCCC(=O)C(CCCN=C(N)N)NC(=O)CCCCCCCCCCC. The molecule has 0 heterocycles. The van der Waals surface area contributed by atoms with Gasteiger partial charge in [-0.15, -0.1) is 0 Å². The Morgan fingerprint density at radius 1 is 0.237 bits per heavy atom. The monoisotopic (exact) mass is 1320 g/mol. The molecular weight excluding hydrogens is 1160 g/mol. The molecule has 0 fully saturated rings. The molecule has 546 valence electrons.